The van der Waals surface area contributed by atoms with Crippen LogP contribution in [-0.4, -0.2) is 53.6 Å². The van der Waals surface area contributed by atoms with Gasteiger partial charge in [-0.2, -0.15) is 0 Å². The Morgan fingerprint density at radius 2 is 1.87 bits per heavy atom. The van der Waals surface area contributed by atoms with Gasteiger partial charge >= 0.3 is 6.03 Å². The van der Waals surface area contributed by atoms with Gasteiger partial charge in [-0.05, 0) is 63.5 Å². The molecular weight excluding hydrogens is 376 g/mol. The normalized spacial score (nSPS) is 20.4. The fourth-order valence-electron chi connectivity index (χ4n) is 4.92. The van der Waals surface area contributed by atoms with Gasteiger partial charge in [0, 0.05) is 49.4 Å². The van der Waals surface area contributed by atoms with E-state index in [0.717, 1.165) is 35.3 Å². The minimum absolute atomic E-state index is 0.00438. The maximum absolute atomic E-state index is 13.5. The summed E-state index contributed by atoms with van der Waals surface area (Å²) in [4.78, 5) is 30.1. The summed E-state index contributed by atoms with van der Waals surface area (Å²) in [7, 11) is 4.08. The summed E-state index contributed by atoms with van der Waals surface area (Å²) in [6.07, 6.45) is 1.04. The quantitative estimate of drug-likeness (QED) is 0.846. The fourth-order valence-corrected chi connectivity index (χ4v) is 4.92. The third-order valence-corrected chi connectivity index (χ3v) is 6.10. The number of benzene rings is 1. The van der Waals surface area contributed by atoms with E-state index in [1.807, 2.05) is 61.7 Å². The Hall–Kier alpha value is -2.60. The van der Waals surface area contributed by atoms with Crippen molar-refractivity contribution in [2.45, 2.75) is 45.3 Å². The number of fused-ring (bicyclic) bond motifs is 4. The number of carbonyl (C=O) groups excluding carboxylic acids is 1. The molecule has 1 aromatic carbocycles. The number of pyridine rings is 1. The van der Waals surface area contributed by atoms with Crippen LogP contribution in [0.4, 0.5) is 4.79 Å². The van der Waals surface area contributed by atoms with E-state index in [2.05, 4.69) is 22.3 Å². The number of aromatic nitrogens is 1. The average Bonchev–Trinajstić information content (AvgIpc) is 2.68. The van der Waals surface area contributed by atoms with Crippen LogP contribution in [0.15, 0.2) is 41.2 Å². The number of hydrogen-bond donors (Lipinski definition) is 1. The lowest BCUT2D eigenvalue weighted by Crippen LogP contribution is -2.53. The van der Waals surface area contributed by atoms with E-state index in [0.29, 0.717) is 25.6 Å². The molecular formula is C24H32N4O2. The Balaban J connectivity index is 1.67. The molecule has 2 atom stereocenters. The van der Waals surface area contributed by atoms with Gasteiger partial charge in [-0.25, -0.2) is 4.79 Å². The molecule has 2 amide bonds. The number of nitrogens with one attached hydrogen (secondary N) is 1. The molecule has 2 bridgehead atoms. The number of rotatable bonds is 4. The lowest BCUT2D eigenvalue weighted by molar-refractivity contribution is 0.130. The highest BCUT2D eigenvalue weighted by atomic mass is 16.2. The lowest BCUT2D eigenvalue weighted by atomic mass is 9.83. The summed E-state index contributed by atoms with van der Waals surface area (Å²) in [5.74, 6) is 0.535. The summed E-state index contributed by atoms with van der Waals surface area (Å²) in [6.45, 7) is 6.82. The summed E-state index contributed by atoms with van der Waals surface area (Å²) in [5, 5.41) is 3.00. The van der Waals surface area contributed by atoms with Crippen molar-refractivity contribution >= 4 is 6.03 Å². The van der Waals surface area contributed by atoms with Gasteiger partial charge in [-0.1, -0.05) is 24.3 Å². The van der Waals surface area contributed by atoms with Gasteiger partial charge in [0.15, 0.2) is 0 Å². The Kier molecular flexibility index (Phi) is 5.69. The highest BCUT2D eigenvalue weighted by molar-refractivity contribution is 5.74. The zero-order valence-electron chi connectivity index (χ0n) is 18.4. The van der Waals surface area contributed by atoms with Crippen molar-refractivity contribution in [2.75, 3.05) is 27.2 Å². The average molecular weight is 409 g/mol. The van der Waals surface area contributed by atoms with Crippen LogP contribution in [0, 0.1) is 5.92 Å². The molecule has 2 aromatic rings. The van der Waals surface area contributed by atoms with E-state index in [1.165, 1.54) is 0 Å². The minimum atomic E-state index is 0.00438. The number of nitrogens with zero attached hydrogens (tertiary/aromatic N) is 3. The van der Waals surface area contributed by atoms with E-state index in [4.69, 9.17) is 0 Å². The smallest absolute Gasteiger partial charge is 0.317 e. The molecule has 2 aliphatic rings. The van der Waals surface area contributed by atoms with Gasteiger partial charge in [0.05, 0.1) is 0 Å². The minimum Gasteiger partial charge on any atom is -0.336 e. The Morgan fingerprint density at radius 1 is 1.10 bits per heavy atom. The molecule has 0 radical (unpaired) electrons. The molecule has 3 heterocycles. The van der Waals surface area contributed by atoms with Gasteiger partial charge in [-0.15, -0.1) is 0 Å². The molecule has 1 saturated heterocycles. The molecule has 2 unspecified atom stereocenters. The van der Waals surface area contributed by atoms with Crippen LogP contribution in [0.5, 0.6) is 0 Å². The second kappa shape index (κ2) is 8.26. The van der Waals surface area contributed by atoms with Crippen molar-refractivity contribution in [3.8, 4) is 11.1 Å². The van der Waals surface area contributed by atoms with E-state index in [1.54, 1.807) is 0 Å². The standard InChI is InChI=1S/C24H32N4O2/c1-16(2)25-24(30)27-12-17-11-19(15-27)22-10-9-21(23(29)28(22)13-17)20-8-6-5-7-18(20)14-26(3)4/h5-10,16-17,19H,11-15H2,1-4H3,(H,25,30). The first kappa shape index (κ1) is 20.7. The van der Waals surface area contributed by atoms with Crippen molar-refractivity contribution in [1.82, 2.24) is 19.7 Å². The van der Waals surface area contributed by atoms with Crippen LogP contribution in [0.3, 0.4) is 0 Å². The molecule has 30 heavy (non-hydrogen) atoms. The van der Waals surface area contributed by atoms with E-state index >= 15 is 0 Å². The molecule has 160 valence electrons. The van der Waals surface area contributed by atoms with Gasteiger partial charge in [0.2, 0.25) is 0 Å². The second-order valence-electron chi connectivity index (χ2n) is 9.29. The maximum Gasteiger partial charge on any atom is 0.317 e. The largest absolute Gasteiger partial charge is 0.336 e. The Morgan fingerprint density at radius 3 is 2.60 bits per heavy atom. The second-order valence-corrected chi connectivity index (χ2v) is 9.29. The molecule has 2 aliphatic heterocycles. The van der Waals surface area contributed by atoms with Gasteiger partial charge in [0.1, 0.15) is 0 Å². The van der Waals surface area contributed by atoms with Gasteiger partial charge in [-0.3, -0.25) is 4.79 Å². The predicted molar refractivity (Wildman–Crippen MR) is 120 cm³/mol. The number of hydrogen-bond acceptors (Lipinski definition) is 3. The third kappa shape index (κ3) is 4.01. The summed E-state index contributed by atoms with van der Waals surface area (Å²) in [5.41, 5.74) is 4.10. The maximum atomic E-state index is 13.5. The van der Waals surface area contributed by atoms with Crippen LogP contribution >= 0.6 is 0 Å². The molecule has 0 spiro atoms. The van der Waals surface area contributed by atoms with E-state index in [-0.39, 0.29) is 23.6 Å². The summed E-state index contributed by atoms with van der Waals surface area (Å²) >= 11 is 0. The van der Waals surface area contributed by atoms with Crippen LogP contribution in [0.2, 0.25) is 0 Å². The summed E-state index contributed by atoms with van der Waals surface area (Å²) in [6, 6.07) is 12.4. The lowest BCUT2D eigenvalue weighted by Gasteiger charge is -2.43. The molecule has 4 rings (SSSR count). The number of likely N-dealkylation sites (tertiary alicyclic amines) is 1. The van der Waals surface area contributed by atoms with Crippen molar-refractivity contribution in [3.05, 3.63) is 58.0 Å². The fraction of sp³-hybridized carbons (Fsp3) is 0.500. The van der Waals surface area contributed by atoms with Gasteiger partial charge in [0.25, 0.3) is 5.56 Å². The van der Waals surface area contributed by atoms with E-state index < -0.39 is 0 Å². The zero-order valence-corrected chi connectivity index (χ0v) is 18.4. The highest BCUT2D eigenvalue weighted by Gasteiger charge is 2.36. The first-order valence-corrected chi connectivity index (χ1v) is 10.9. The first-order valence-electron chi connectivity index (χ1n) is 10.9. The number of carbonyl (C=O) groups is 1. The molecule has 1 aromatic heterocycles. The van der Waals surface area contributed by atoms with Gasteiger partial charge < -0.3 is 19.7 Å². The molecule has 0 saturated carbocycles. The van der Waals surface area contributed by atoms with Crippen molar-refractivity contribution in [2.24, 2.45) is 5.92 Å². The monoisotopic (exact) mass is 408 g/mol. The highest BCUT2D eigenvalue weighted by Crippen LogP contribution is 2.36. The van der Waals surface area contributed by atoms with Crippen molar-refractivity contribution < 1.29 is 4.79 Å². The SMILES string of the molecule is CC(C)NC(=O)N1CC2CC(C1)c1ccc(-c3ccccc3CN(C)C)c(=O)n1C2. The number of piperidine rings is 1. The Labute approximate surface area is 178 Å². The molecule has 1 N–H and O–H groups in total. The number of urea groups is 1. The number of amides is 2. The predicted octanol–water partition coefficient (Wildman–Crippen LogP) is 3.11. The van der Waals surface area contributed by atoms with Crippen molar-refractivity contribution in [3.63, 3.8) is 0 Å². The topological polar surface area (TPSA) is 57.6 Å². The van der Waals surface area contributed by atoms with Crippen LogP contribution in [0.1, 0.15) is 37.4 Å². The third-order valence-electron chi connectivity index (χ3n) is 6.10. The zero-order chi connectivity index (χ0) is 21.4. The first-order chi connectivity index (χ1) is 14.3. The molecule has 1 fully saturated rings. The molecule has 6 nitrogen and oxygen atoms in total. The van der Waals surface area contributed by atoms with Crippen molar-refractivity contribution in [1.29, 1.82) is 0 Å². The van der Waals surface area contributed by atoms with Crippen LogP contribution in [-0.2, 0) is 13.1 Å². The Bertz CT molecular complexity index is 995. The van der Waals surface area contributed by atoms with Crippen LogP contribution < -0.4 is 10.9 Å². The summed E-state index contributed by atoms with van der Waals surface area (Å²) < 4.78 is 1.97. The van der Waals surface area contributed by atoms with E-state index in [9.17, 15) is 9.59 Å². The molecule has 6 heteroatoms. The van der Waals surface area contributed by atoms with Crippen LogP contribution in [0.25, 0.3) is 11.1 Å². The molecule has 0 aliphatic carbocycles.